The normalized spacial score (nSPS) is 33.8. The molecule has 1 aliphatic heterocycles. The maximum atomic E-state index is 10.5. The summed E-state index contributed by atoms with van der Waals surface area (Å²) in [5.74, 6) is 0. The van der Waals surface area contributed by atoms with Crippen molar-refractivity contribution in [2.75, 3.05) is 13.1 Å². The summed E-state index contributed by atoms with van der Waals surface area (Å²) < 4.78 is 0. The van der Waals surface area contributed by atoms with Gasteiger partial charge in [-0.2, -0.15) is 0 Å². The van der Waals surface area contributed by atoms with E-state index in [0.29, 0.717) is 0 Å². The van der Waals surface area contributed by atoms with E-state index in [4.69, 9.17) is 0 Å². The van der Waals surface area contributed by atoms with Crippen molar-refractivity contribution in [2.45, 2.75) is 30.9 Å². The first-order valence-corrected chi connectivity index (χ1v) is 6.16. The van der Waals surface area contributed by atoms with Crippen LogP contribution in [0.3, 0.4) is 0 Å². The zero-order valence-corrected chi connectivity index (χ0v) is 8.96. The zero-order valence-electron chi connectivity index (χ0n) is 8.15. The van der Waals surface area contributed by atoms with Crippen LogP contribution in [0.4, 0.5) is 0 Å². The minimum atomic E-state index is -0.545. The second kappa shape index (κ2) is 3.05. The molecule has 3 heteroatoms. The average Bonchev–Trinajstić information content (AvgIpc) is 2.74. The molecule has 1 N–H and O–H groups in total. The highest BCUT2D eigenvalue weighted by molar-refractivity contribution is 7.10. The lowest BCUT2D eigenvalue weighted by molar-refractivity contribution is 0.0489. The van der Waals surface area contributed by atoms with E-state index >= 15 is 0 Å². The highest BCUT2D eigenvalue weighted by Gasteiger charge is 2.43. The van der Waals surface area contributed by atoms with Crippen LogP contribution < -0.4 is 0 Å². The molecule has 2 nitrogen and oxygen atoms in total. The molecule has 1 saturated carbocycles. The van der Waals surface area contributed by atoms with Crippen molar-refractivity contribution >= 4 is 11.3 Å². The summed E-state index contributed by atoms with van der Waals surface area (Å²) >= 11 is 1.68. The van der Waals surface area contributed by atoms with Crippen molar-refractivity contribution in [3.05, 3.63) is 22.4 Å². The van der Waals surface area contributed by atoms with Gasteiger partial charge in [0.05, 0.1) is 0 Å². The molecule has 1 saturated heterocycles. The van der Waals surface area contributed by atoms with E-state index in [1.807, 2.05) is 11.4 Å². The number of β-amino-alcohol motifs (C(OH)–C–C–N with tert-alkyl or cyclic N) is 1. The molecule has 0 amide bonds. The molecule has 1 unspecified atom stereocenters. The van der Waals surface area contributed by atoms with Crippen LogP contribution in [0.25, 0.3) is 0 Å². The second-order valence-corrected chi connectivity index (χ2v) is 5.41. The first-order valence-electron chi connectivity index (χ1n) is 5.28. The SMILES string of the molecule is OC1(c2cccs2)CCN(C2CC2)C1. The van der Waals surface area contributed by atoms with Crippen LogP contribution in [-0.4, -0.2) is 29.1 Å². The van der Waals surface area contributed by atoms with Gasteiger partial charge in [0.1, 0.15) is 5.60 Å². The summed E-state index contributed by atoms with van der Waals surface area (Å²) in [6.45, 7) is 1.91. The first kappa shape index (κ1) is 8.89. The molecular weight excluding hydrogens is 194 g/mol. The van der Waals surface area contributed by atoms with Crippen molar-refractivity contribution in [2.24, 2.45) is 0 Å². The second-order valence-electron chi connectivity index (χ2n) is 4.46. The van der Waals surface area contributed by atoms with E-state index in [1.54, 1.807) is 11.3 Å². The van der Waals surface area contributed by atoms with Gasteiger partial charge in [-0.25, -0.2) is 0 Å². The molecule has 1 aromatic rings. The molecule has 0 aromatic carbocycles. The standard InChI is InChI=1S/C11H15NOS/c13-11(10-2-1-7-14-10)5-6-12(8-11)9-3-4-9/h1-2,7,9,13H,3-6,8H2. The molecule has 76 valence electrons. The lowest BCUT2D eigenvalue weighted by atomic mass is 10.0. The molecule has 2 aliphatic rings. The van der Waals surface area contributed by atoms with Gasteiger partial charge >= 0.3 is 0 Å². The van der Waals surface area contributed by atoms with Crippen molar-refractivity contribution in [1.29, 1.82) is 0 Å². The molecule has 2 heterocycles. The van der Waals surface area contributed by atoms with Gasteiger partial charge in [0.2, 0.25) is 0 Å². The maximum Gasteiger partial charge on any atom is 0.113 e. The number of likely N-dealkylation sites (tertiary alicyclic amines) is 1. The van der Waals surface area contributed by atoms with Crippen LogP contribution in [0.15, 0.2) is 17.5 Å². The fourth-order valence-electron chi connectivity index (χ4n) is 2.32. The van der Waals surface area contributed by atoms with Crippen LogP contribution in [0.2, 0.25) is 0 Å². The lowest BCUT2D eigenvalue weighted by Gasteiger charge is -2.22. The molecule has 1 atom stereocenters. The van der Waals surface area contributed by atoms with Crippen LogP contribution in [-0.2, 0) is 5.60 Å². The van der Waals surface area contributed by atoms with Crippen LogP contribution in [0, 0.1) is 0 Å². The summed E-state index contributed by atoms with van der Waals surface area (Å²) in [7, 11) is 0. The topological polar surface area (TPSA) is 23.5 Å². The summed E-state index contributed by atoms with van der Waals surface area (Å²) in [4.78, 5) is 3.58. The van der Waals surface area contributed by atoms with Gasteiger partial charge in [0.25, 0.3) is 0 Å². The smallest absolute Gasteiger partial charge is 0.113 e. The van der Waals surface area contributed by atoms with Crippen LogP contribution >= 0.6 is 11.3 Å². The molecule has 0 radical (unpaired) electrons. The molecule has 0 spiro atoms. The Kier molecular flexibility index (Phi) is 1.94. The molecule has 1 aromatic heterocycles. The van der Waals surface area contributed by atoms with E-state index < -0.39 is 5.60 Å². The predicted molar refractivity (Wildman–Crippen MR) is 57.4 cm³/mol. The number of aliphatic hydroxyl groups is 1. The first-order chi connectivity index (χ1) is 6.78. The van der Waals surface area contributed by atoms with E-state index in [0.717, 1.165) is 30.4 Å². The van der Waals surface area contributed by atoms with Gasteiger partial charge in [-0.05, 0) is 30.7 Å². The molecule has 2 fully saturated rings. The summed E-state index contributed by atoms with van der Waals surface area (Å²) in [6, 6.07) is 4.86. The van der Waals surface area contributed by atoms with Gasteiger partial charge in [0.15, 0.2) is 0 Å². The maximum absolute atomic E-state index is 10.5. The Hall–Kier alpha value is -0.380. The Morgan fingerprint density at radius 2 is 2.36 bits per heavy atom. The van der Waals surface area contributed by atoms with Crippen molar-refractivity contribution in [3.63, 3.8) is 0 Å². The van der Waals surface area contributed by atoms with E-state index in [2.05, 4.69) is 11.0 Å². The Morgan fingerprint density at radius 3 is 3.00 bits per heavy atom. The Morgan fingerprint density at radius 1 is 1.50 bits per heavy atom. The third-order valence-corrected chi connectivity index (χ3v) is 4.38. The van der Waals surface area contributed by atoms with Gasteiger partial charge in [-0.15, -0.1) is 11.3 Å². The molecule has 0 bridgehead atoms. The Labute approximate surface area is 88.2 Å². The Bertz CT molecular complexity index is 320. The summed E-state index contributed by atoms with van der Waals surface area (Å²) in [5, 5.41) is 12.5. The number of hydrogen-bond acceptors (Lipinski definition) is 3. The van der Waals surface area contributed by atoms with E-state index in [9.17, 15) is 5.11 Å². The van der Waals surface area contributed by atoms with Crippen LogP contribution in [0.1, 0.15) is 24.1 Å². The molecule has 14 heavy (non-hydrogen) atoms. The third kappa shape index (κ3) is 1.40. The van der Waals surface area contributed by atoms with Gasteiger partial charge in [0, 0.05) is 24.0 Å². The fourth-order valence-corrected chi connectivity index (χ4v) is 3.17. The van der Waals surface area contributed by atoms with Gasteiger partial charge in [-0.1, -0.05) is 6.07 Å². The summed E-state index contributed by atoms with van der Waals surface area (Å²) in [6.07, 6.45) is 3.57. The van der Waals surface area contributed by atoms with Crippen LogP contribution in [0.5, 0.6) is 0 Å². The summed E-state index contributed by atoms with van der Waals surface area (Å²) in [5.41, 5.74) is -0.545. The van der Waals surface area contributed by atoms with E-state index in [-0.39, 0.29) is 0 Å². The number of hydrogen-bond donors (Lipinski definition) is 1. The van der Waals surface area contributed by atoms with Crippen molar-refractivity contribution in [1.82, 2.24) is 4.90 Å². The minimum absolute atomic E-state index is 0.545. The van der Waals surface area contributed by atoms with Crippen molar-refractivity contribution < 1.29 is 5.11 Å². The highest BCUT2D eigenvalue weighted by atomic mass is 32.1. The third-order valence-electron chi connectivity index (χ3n) is 3.32. The average molecular weight is 209 g/mol. The van der Waals surface area contributed by atoms with Gasteiger partial charge in [-0.3, -0.25) is 4.90 Å². The fraction of sp³-hybridized carbons (Fsp3) is 0.636. The zero-order chi connectivity index (χ0) is 9.60. The van der Waals surface area contributed by atoms with Gasteiger partial charge < -0.3 is 5.11 Å². The Balaban J connectivity index is 1.78. The molecule has 3 rings (SSSR count). The number of nitrogens with zero attached hydrogens (tertiary/aromatic N) is 1. The van der Waals surface area contributed by atoms with Crippen molar-refractivity contribution in [3.8, 4) is 0 Å². The quantitative estimate of drug-likeness (QED) is 0.803. The number of thiophene rings is 1. The van der Waals surface area contributed by atoms with E-state index in [1.165, 1.54) is 12.8 Å². The molecule has 1 aliphatic carbocycles. The predicted octanol–water partition coefficient (Wildman–Crippen LogP) is 1.80. The largest absolute Gasteiger partial charge is 0.383 e. The minimum Gasteiger partial charge on any atom is -0.383 e. The monoisotopic (exact) mass is 209 g/mol. The lowest BCUT2D eigenvalue weighted by Crippen LogP contribution is -2.31. The highest BCUT2D eigenvalue weighted by Crippen LogP contribution is 2.39. The molecular formula is C11H15NOS. The number of rotatable bonds is 2.